The Kier molecular flexibility index (Phi) is 6.19. The van der Waals surface area contributed by atoms with Gasteiger partial charge in [-0.05, 0) is 31.7 Å². The number of nitrogens with one attached hydrogen (secondary N) is 1. The standard InChI is InChI=1S/C19H30N2O2/c1-3-14-23-19(12-8-5-9-13-19)15-21-17(22)18(2,20)16-10-6-4-7-11-16/h4,6-7,10-11H,3,5,8-9,12-15,20H2,1-2H3,(H,21,22). The van der Waals surface area contributed by atoms with Crippen LogP contribution in [-0.2, 0) is 15.1 Å². The number of amides is 1. The molecule has 0 aromatic heterocycles. The number of hydrogen-bond donors (Lipinski definition) is 2. The molecule has 1 atom stereocenters. The van der Waals surface area contributed by atoms with E-state index in [4.69, 9.17) is 10.5 Å². The molecule has 1 aromatic rings. The van der Waals surface area contributed by atoms with Gasteiger partial charge in [-0.3, -0.25) is 4.79 Å². The van der Waals surface area contributed by atoms with E-state index in [1.54, 1.807) is 6.92 Å². The van der Waals surface area contributed by atoms with Gasteiger partial charge >= 0.3 is 0 Å². The van der Waals surface area contributed by atoms with E-state index < -0.39 is 5.54 Å². The molecule has 0 bridgehead atoms. The van der Waals surface area contributed by atoms with Crippen molar-refractivity contribution in [2.45, 2.75) is 63.5 Å². The molecule has 1 fully saturated rings. The summed E-state index contributed by atoms with van der Waals surface area (Å²) in [5.41, 5.74) is 5.87. The number of carbonyl (C=O) groups is 1. The van der Waals surface area contributed by atoms with Crippen molar-refractivity contribution in [3.8, 4) is 0 Å². The molecule has 0 spiro atoms. The predicted molar refractivity (Wildman–Crippen MR) is 93.1 cm³/mol. The largest absolute Gasteiger partial charge is 0.373 e. The summed E-state index contributed by atoms with van der Waals surface area (Å²) in [6.45, 7) is 5.17. The molecule has 4 heteroatoms. The van der Waals surface area contributed by atoms with Crippen LogP contribution in [0.2, 0.25) is 0 Å². The SMILES string of the molecule is CCCOC1(CNC(=O)C(C)(N)c2ccccc2)CCCCC1. The van der Waals surface area contributed by atoms with Crippen molar-refractivity contribution in [3.05, 3.63) is 35.9 Å². The van der Waals surface area contributed by atoms with Crippen LogP contribution in [0.5, 0.6) is 0 Å². The maximum atomic E-state index is 12.6. The van der Waals surface area contributed by atoms with E-state index in [2.05, 4.69) is 12.2 Å². The third-order valence-electron chi connectivity index (χ3n) is 4.79. The van der Waals surface area contributed by atoms with Gasteiger partial charge < -0.3 is 15.8 Å². The summed E-state index contributed by atoms with van der Waals surface area (Å²) < 4.78 is 6.13. The van der Waals surface area contributed by atoms with Gasteiger partial charge in [-0.2, -0.15) is 0 Å². The molecule has 1 unspecified atom stereocenters. The highest BCUT2D eigenvalue weighted by atomic mass is 16.5. The Hall–Kier alpha value is -1.39. The topological polar surface area (TPSA) is 64.3 Å². The van der Waals surface area contributed by atoms with Crippen molar-refractivity contribution >= 4 is 5.91 Å². The fourth-order valence-corrected chi connectivity index (χ4v) is 3.23. The molecule has 0 radical (unpaired) electrons. The number of benzene rings is 1. The lowest BCUT2D eigenvalue weighted by Gasteiger charge is -2.38. The fraction of sp³-hybridized carbons (Fsp3) is 0.632. The normalized spacial score (nSPS) is 19.8. The van der Waals surface area contributed by atoms with Gasteiger partial charge in [-0.1, -0.05) is 56.5 Å². The molecule has 2 rings (SSSR count). The molecule has 3 N–H and O–H groups in total. The second-order valence-corrected chi connectivity index (χ2v) is 6.84. The van der Waals surface area contributed by atoms with Gasteiger partial charge in [-0.15, -0.1) is 0 Å². The Bertz CT molecular complexity index is 493. The summed E-state index contributed by atoms with van der Waals surface area (Å²) in [7, 11) is 0. The first-order chi connectivity index (χ1) is 11.0. The molecule has 4 nitrogen and oxygen atoms in total. The van der Waals surface area contributed by atoms with Gasteiger partial charge in [0.1, 0.15) is 5.54 Å². The van der Waals surface area contributed by atoms with Crippen LogP contribution in [0.1, 0.15) is 57.9 Å². The second kappa shape index (κ2) is 7.93. The monoisotopic (exact) mass is 318 g/mol. The molecule has 1 aromatic carbocycles. The average Bonchev–Trinajstić information content (AvgIpc) is 2.59. The Labute approximate surface area is 139 Å². The van der Waals surface area contributed by atoms with Gasteiger partial charge in [0.25, 0.3) is 0 Å². The van der Waals surface area contributed by atoms with Crippen molar-refractivity contribution < 1.29 is 9.53 Å². The minimum absolute atomic E-state index is 0.145. The Morgan fingerprint density at radius 2 is 1.91 bits per heavy atom. The van der Waals surface area contributed by atoms with Gasteiger partial charge in [0, 0.05) is 13.2 Å². The fourth-order valence-electron chi connectivity index (χ4n) is 3.23. The molecule has 1 saturated carbocycles. The van der Waals surface area contributed by atoms with Crippen molar-refractivity contribution in [2.75, 3.05) is 13.2 Å². The summed E-state index contributed by atoms with van der Waals surface area (Å²) in [6, 6.07) is 9.52. The summed E-state index contributed by atoms with van der Waals surface area (Å²) in [5.74, 6) is -0.145. The Balaban J connectivity index is 2.00. The lowest BCUT2D eigenvalue weighted by atomic mass is 9.84. The zero-order chi connectivity index (χ0) is 16.8. The molecule has 1 amide bonds. The third-order valence-corrected chi connectivity index (χ3v) is 4.79. The average molecular weight is 318 g/mol. The van der Waals surface area contributed by atoms with Crippen LogP contribution in [0.25, 0.3) is 0 Å². The van der Waals surface area contributed by atoms with Gasteiger partial charge in [0.15, 0.2) is 0 Å². The smallest absolute Gasteiger partial charge is 0.244 e. The third kappa shape index (κ3) is 4.55. The summed E-state index contributed by atoms with van der Waals surface area (Å²) in [6.07, 6.45) is 6.61. The quantitative estimate of drug-likeness (QED) is 0.812. The van der Waals surface area contributed by atoms with Crippen LogP contribution in [0.15, 0.2) is 30.3 Å². The van der Waals surface area contributed by atoms with Gasteiger partial charge in [0.2, 0.25) is 5.91 Å². The highest BCUT2D eigenvalue weighted by Gasteiger charge is 2.36. The maximum absolute atomic E-state index is 12.6. The van der Waals surface area contributed by atoms with Crippen molar-refractivity contribution in [2.24, 2.45) is 5.73 Å². The van der Waals surface area contributed by atoms with Crippen LogP contribution < -0.4 is 11.1 Å². The minimum atomic E-state index is -1.03. The molecule has 0 saturated heterocycles. The molecule has 128 valence electrons. The van der Waals surface area contributed by atoms with E-state index in [9.17, 15) is 4.79 Å². The van der Waals surface area contributed by atoms with Crippen molar-refractivity contribution in [1.29, 1.82) is 0 Å². The maximum Gasteiger partial charge on any atom is 0.244 e. The van der Waals surface area contributed by atoms with Crippen LogP contribution >= 0.6 is 0 Å². The van der Waals surface area contributed by atoms with E-state index in [0.29, 0.717) is 6.54 Å². The summed E-state index contributed by atoms with van der Waals surface area (Å²) >= 11 is 0. The number of rotatable bonds is 7. The number of ether oxygens (including phenoxy) is 1. The van der Waals surface area contributed by atoms with Crippen molar-refractivity contribution in [1.82, 2.24) is 5.32 Å². The van der Waals surface area contributed by atoms with Crippen LogP contribution in [0, 0.1) is 0 Å². The lowest BCUT2D eigenvalue weighted by Crippen LogP contribution is -2.54. The van der Waals surface area contributed by atoms with Crippen LogP contribution in [0.4, 0.5) is 0 Å². The first-order valence-corrected chi connectivity index (χ1v) is 8.77. The van der Waals surface area contributed by atoms with E-state index in [-0.39, 0.29) is 11.5 Å². The van der Waals surface area contributed by atoms with Crippen molar-refractivity contribution in [3.63, 3.8) is 0 Å². The highest BCUT2D eigenvalue weighted by molar-refractivity contribution is 5.87. The minimum Gasteiger partial charge on any atom is -0.373 e. The molecular formula is C19H30N2O2. The number of nitrogens with two attached hydrogens (primary N) is 1. The zero-order valence-electron chi connectivity index (χ0n) is 14.4. The summed E-state index contributed by atoms with van der Waals surface area (Å²) in [4.78, 5) is 12.6. The van der Waals surface area contributed by atoms with Gasteiger partial charge in [0.05, 0.1) is 5.60 Å². The Morgan fingerprint density at radius 3 is 2.52 bits per heavy atom. The van der Waals surface area contributed by atoms with E-state index in [1.165, 1.54) is 6.42 Å². The van der Waals surface area contributed by atoms with Crippen LogP contribution in [0.3, 0.4) is 0 Å². The van der Waals surface area contributed by atoms with E-state index >= 15 is 0 Å². The predicted octanol–water partition coefficient (Wildman–Crippen LogP) is 3.11. The molecule has 0 heterocycles. The van der Waals surface area contributed by atoms with Gasteiger partial charge in [-0.25, -0.2) is 0 Å². The zero-order valence-corrected chi connectivity index (χ0v) is 14.4. The lowest BCUT2D eigenvalue weighted by molar-refractivity contribution is -0.129. The molecule has 0 aliphatic heterocycles. The second-order valence-electron chi connectivity index (χ2n) is 6.84. The summed E-state index contributed by atoms with van der Waals surface area (Å²) in [5, 5.41) is 3.05. The number of carbonyl (C=O) groups excluding carboxylic acids is 1. The van der Waals surface area contributed by atoms with E-state index in [0.717, 1.165) is 44.3 Å². The Morgan fingerprint density at radius 1 is 1.26 bits per heavy atom. The molecule has 23 heavy (non-hydrogen) atoms. The number of hydrogen-bond acceptors (Lipinski definition) is 3. The first kappa shape index (κ1) is 18.0. The molecule has 1 aliphatic carbocycles. The van der Waals surface area contributed by atoms with E-state index in [1.807, 2.05) is 30.3 Å². The first-order valence-electron chi connectivity index (χ1n) is 8.77. The molecule has 1 aliphatic rings. The molecular weight excluding hydrogens is 288 g/mol. The van der Waals surface area contributed by atoms with Crippen LogP contribution in [-0.4, -0.2) is 24.7 Å². The highest BCUT2D eigenvalue weighted by Crippen LogP contribution is 2.31.